The van der Waals surface area contributed by atoms with E-state index in [-0.39, 0.29) is 0 Å². The Bertz CT molecular complexity index is 5300. The van der Waals surface area contributed by atoms with Crippen LogP contribution in [0, 0.1) is 3.57 Å². The van der Waals surface area contributed by atoms with E-state index in [0.717, 1.165) is 71.5 Å². The highest BCUT2D eigenvalue weighted by molar-refractivity contribution is 14.1. The van der Waals surface area contributed by atoms with Gasteiger partial charge in [0.15, 0.2) is 0 Å². The number of hydrogen-bond acceptors (Lipinski definition) is 5. The summed E-state index contributed by atoms with van der Waals surface area (Å²) in [6, 6.07) is 160. The van der Waals surface area contributed by atoms with E-state index in [9.17, 15) is 0 Å². The van der Waals surface area contributed by atoms with E-state index in [2.05, 4.69) is 451 Å². The number of rotatable bonds is 16. The predicted octanol–water partition coefficient (Wildman–Crippen LogP) is 30.6. The molecule has 110 heavy (non-hydrogen) atoms. The van der Waals surface area contributed by atoms with E-state index in [1.807, 2.05) is 84.9 Å². The van der Waals surface area contributed by atoms with Crippen LogP contribution in [0.25, 0.3) is 66.8 Å². The summed E-state index contributed by atoms with van der Waals surface area (Å²) < 4.78 is 3.46. The molecular weight excluding hydrogens is 1580 g/mol. The van der Waals surface area contributed by atoms with Gasteiger partial charge in [-0.15, -0.1) is 0 Å². The molecule has 0 saturated heterocycles. The van der Waals surface area contributed by atoms with Crippen molar-refractivity contribution in [2.45, 2.75) is 0 Å². The van der Waals surface area contributed by atoms with E-state index < -0.39 is 0 Å². The zero-order valence-electron chi connectivity index (χ0n) is 60.5. The summed E-state index contributed by atoms with van der Waals surface area (Å²) in [6.07, 6.45) is 0. The SMILES string of the molecule is Brc1cccc(I)c1.Brc1cccc(N(c2ccc(-c3ccccc3)cc2)c2ccc(-c3ccccc3)cc2)c1.Nc1ccccc1.c1ccc(-c2ccc(Nc3ccc(-c4ccccc4)cc3)cc2)cc1.c1ccc(Nc2cccc(N(c3ccc(-c4ccccc4)cc3)c3ccc(-c4ccccc4)cc3)c2)cc1. The fraction of sp³-hybridized carbons (Fsp3) is 0. The van der Waals surface area contributed by atoms with E-state index >= 15 is 0 Å². The van der Waals surface area contributed by atoms with Crippen molar-refractivity contribution in [3.63, 3.8) is 0 Å². The first-order chi connectivity index (χ1) is 54.2. The smallest absolute Gasteiger partial charge is 0.0482 e. The van der Waals surface area contributed by atoms with E-state index in [1.165, 1.54) is 70.3 Å². The Labute approximate surface area is 677 Å². The number of halogens is 3. The lowest BCUT2D eigenvalue weighted by atomic mass is 10.0. The second-order valence-corrected chi connectivity index (χ2v) is 28.8. The Morgan fingerprint density at radius 3 is 0.691 bits per heavy atom. The molecule has 0 aliphatic heterocycles. The van der Waals surface area contributed by atoms with Gasteiger partial charge >= 0.3 is 0 Å². The maximum Gasteiger partial charge on any atom is 0.0482 e. The molecule has 0 aliphatic rings. The summed E-state index contributed by atoms with van der Waals surface area (Å²) >= 11 is 9.27. The van der Waals surface area contributed by atoms with Crippen LogP contribution in [-0.4, -0.2) is 0 Å². The third kappa shape index (κ3) is 21.8. The maximum absolute atomic E-state index is 5.36. The molecule has 0 aliphatic carbocycles. The fourth-order valence-electron chi connectivity index (χ4n) is 12.5. The zero-order chi connectivity index (χ0) is 75.3. The lowest BCUT2D eigenvalue weighted by Crippen LogP contribution is -2.10. The Morgan fingerprint density at radius 1 is 0.191 bits per heavy atom. The minimum atomic E-state index is 0.822. The average molecular weight is 1660 g/mol. The summed E-state index contributed by atoms with van der Waals surface area (Å²) in [5, 5.41) is 7.00. The van der Waals surface area contributed by atoms with Crippen molar-refractivity contribution in [1.29, 1.82) is 0 Å². The Kier molecular flexibility index (Phi) is 27.0. The standard InChI is InChI=1S/C36H28N2.C30H22BrN.C24H19N.C6H4BrI.C6H7N/c1-4-11-28(12-5-1)30-19-23-34(24-20-30)38(35-25-21-31(22-26-35)29-13-6-2-7-14-29)36-18-10-17-33(27-36)37-32-15-8-3-9-16-32;31-27-12-7-13-30(22-27)32(28-18-14-25(15-19-28)23-8-3-1-4-9-23)29-20-16-26(17-21-29)24-10-5-2-6-11-24;1-3-7-19(8-4-1)21-11-15-23(16-12-21)25-24-17-13-22(14-18-24)20-9-5-2-6-10-20;7-5-2-1-3-6(8)4-5;7-6-4-2-1-3-5-6/h1-27,37H;1-22H;1-18,25H;1-4H;1-5H,7H2. The van der Waals surface area contributed by atoms with Crippen LogP contribution in [0.15, 0.2) is 470 Å². The minimum absolute atomic E-state index is 0.822. The maximum atomic E-state index is 5.36. The summed E-state index contributed by atoms with van der Waals surface area (Å²) in [4.78, 5) is 4.59. The van der Waals surface area contributed by atoms with Crippen LogP contribution in [0.4, 0.5) is 62.6 Å². The molecule has 4 N–H and O–H groups in total. The van der Waals surface area contributed by atoms with Crippen molar-refractivity contribution in [2.24, 2.45) is 0 Å². The van der Waals surface area contributed by atoms with E-state index in [4.69, 9.17) is 5.73 Å². The van der Waals surface area contributed by atoms with Gasteiger partial charge in [-0.2, -0.15) is 0 Å². The van der Waals surface area contributed by atoms with Gasteiger partial charge in [0.1, 0.15) is 0 Å². The first-order valence-electron chi connectivity index (χ1n) is 36.4. The van der Waals surface area contributed by atoms with Gasteiger partial charge in [-0.1, -0.05) is 341 Å². The van der Waals surface area contributed by atoms with Gasteiger partial charge in [-0.3, -0.25) is 0 Å². The highest BCUT2D eigenvalue weighted by Crippen LogP contribution is 2.41. The number of hydrogen-bond donors (Lipinski definition) is 3. The molecule has 534 valence electrons. The number of nitrogens with zero attached hydrogens (tertiary/aromatic N) is 2. The van der Waals surface area contributed by atoms with Crippen molar-refractivity contribution < 1.29 is 0 Å². The summed E-state index contributed by atoms with van der Waals surface area (Å²) in [5.41, 5.74) is 31.7. The first-order valence-corrected chi connectivity index (χ1v) is 39.0. The predicted molar refractivity (Wildman–Crippen MR) is 486 cm³/mol. The summed E-state index contributed by atoms with van der Waals surface area (Å²) in [5.74, 6) is 0. The topological polar surface area (TPSA) is 56.6 Å². The molecule has 5 nitrogen and oxygen atoms in total. The molecule has 0 fully saturated rings. The molecule has 8 heteroatoms. The van der Waals surface area contributed by atoms with Crippen LogP contribution in [0.2, 0.25) is 0 Å². The molecule has 0 saturated carbocycles. The van der Waals surface area contributed by atoms with Crippen LogP contribution in [0.1, 0.15) is 0 Å². The van der Waals surface area contributed by atoms with Gasteiger partial charge in [0.25, 0.3) is 0 Å². The quantitative estimate of drug-likeness (QED) is 0.0665. The van der Waals surface area contributed by atoms with Crippen LogP contribution in [0.3, 0.4) is 0 Å². The molecule has 0 unspecified atom stereocenters. The molecule has 17 aromatic rings. The van der Waals surface area contributed by atoms with Gasteiger partial charge < -0.3 is 26.2 Å². The second-order valence-electron chi connectivity index (χ2n) is 25.7. The average Bonchev–Trinajstić information content (AvgIpc) is 0.794. The molecule has 0 spiro atoms. The van der Waals surface area contributed by atoms with E-state index in [1.54, 1.807) is 0 Å². The molecule has 0 heterocycles. The zero-order valence-corrected chi connectivity index (χ0v) is 65.8. The van der Waals surface area contributed by atoms with Gasteiger partial charge in [-0.05, 0) is 241 Å². The summed E-state index contributed by atoms with van der Waals surface area (Å²) in [7, 11) is 0. The van der Waals surface area contributed by atoms with Crippen molar-refractivity contribution in [2.75, 3.05) is 26.2 Å². The number of nitrogen functional groups attached to an aromatic ring is 1. The van der Waals surface area contributed by atoms with Crippen molar-refractivity contribution in [3.05, 3.63) is 474 Å². The van der Waals surface area contributed by atoms with Gasteiger partial charge in [0.2, 0.25) is 0 Å². The first kappa shape index (κ1) is 75.7. The van der Waals surface area contributed by atoms with Gasteiger partial charge in [0, 0.05) is 75.1 Å². The van der Waals surface area contributed by atoms with Crippen LogP contribution in [-0.2, 0) is 0 Å². The van der Waals surface area contributed by atoms with Gasteiger partial charge in [-0.25, -0.2) is 0 Å². The lowest BCUT2D eigenvalue weighted by Gasteiger charge is -2.26. The molecule has 17 rings (SSSR count). The minimum Gasteiger partial charge on any atom is -0.399 e. The van der Waals surface area contributed by atoms with Crippen LogP contribution >= 0.6 is 54.5 Å². The van der Waals surface area contributed by atoms with Crippen molar-refractivity contribution in [1.82, 2.24) is 0 Å². The lowest BCUT2D eigenvalue weighted by molar-refractivity contribution is 1.28. The second kappa shape index (κ2) is 39.3. The molecule has 0 radical (unpaired) electrons. The number of para-hydroxylation sites is 2. The van der Waals surface area contributed by atoms with E-state index in [0.29, 0.717) is 0 Å². The number of nitrogens with two attached hydrogens (primary N) is 1. The third-order valence-electron chi connectivity index (χ3n) is 18.0. The highest BCUT2D eigenvalue weighted by Gasteiger charge is 2.17. The Hall–Kier alpha value is -12.6. The van der Waals surface area contributed by atoms with Crippen molar-refractivity contribution in [3.8, 4) is 66.8 Å². The Morgan fingerprint density at radius 2 is 0.418 bits per heavy atom. The molecule has 0 bridgehead atoms. The molecular formula is C102H80Br2IN5. The fourth-order valence-corrected chi connectivity index (χ4v) is 14.2. The van der Waals surface area contributed by atoms with Crippen molar-refractivity contribution >= 4 is 117 Å². The van der Waals surface area contributed by atoms with Crippen LogP contribution < -0.4 is 26.2 Å². The number of nitrogens with one attached hydrogen (secondary N) is 2. The molecule has 0 atom stereocenters. The molecule has 0 aromatic heterocycles. The largest absolute Gasteiger partial charge is 0.399 e. The third-order valence-corrected chi connectivity index (χ3v) is 19.7. The normalized spacial score (nSPS) is 10.4. The molecule has 0 amide bonds. The highest BCUT2D eigenvalue weighted by atomic mass is 127. The summed E-state index contributed by atoms with van der Waals surface area (Å²) in [6.45, 7) is 0. The van der Waals surface area contributed by atoms with Gasteiger partial charge in [0.05, 0.1) is 0 Å². The Balaban J connectivity index is 0.000000134. The molecule has 17 aromatic carbocycles. The number of anilines is 11. The number of benzene rings is 17. The van der Waals surface area contributed by atoms with Crippen LogP contribution in [0.5, 0.6) is 0 Å². The monoisotopic (exact) mass is 1660 g/mol.